The van der Waals surface area contributed by atoms with Crippen molar-refractivity contribution in [1.82, 2.24) is 9.80 Å². The van der Waals surface area contributed by atoms with Crippen LogP contribution >= 0.6 is 0 Å². The van der Waals surface area contributed by atoms with Crippen molar-refractivity contribution in [3.8, 4) is 0 Å². The molecule has 7 heteroatoms. The summed E-state index contributed by atoms with van der Waals surface area (Å²) >= 11 is 0. The Kier molecular flexibility index (Phi) is 8.06. The van der Waals surface area contributed by atoms with Crippen molar-refractivity contribution in [3.05, 3.63) is 0 Å². The first-order chi connectivity index (χ1) is 11.9. The monoisotopic (exact) mass is 370 g/mol. The lowest BCUT2D eigenvalue weighted by molar-refractivity contribution is -0.159. The number of amides is 2. The normalized spacial score (nSPS) is 16.2. The Bertz CT molecular complexity index is 505. The number of nitrogens with zero attached hydrogens (tertiary/aromatic N) is 2. The van der Waals surface area contributed by atoms with Crippen LogP contribution in [-0.2, 0) is 23.9 Å². The third kappa shape index (κ3) is 7.72. The predicted molar refractivity (Wildman–Crippen MR) is 98.5 cm³/mol. The minimum atomic E-state index is -0.578. The van der Waals surface area contributed by atoms with E-state index in [4.69, 9.17) is 9.47 Å². The van der Waals surface area contributed by atoms with E-state index in [1.165, 1.54) is 9.80 Å². The van der Waals surface area contributed by atoms with Crippen LogP contribution in [0.25, 0.3) is 0 Å². The summed E-state index contributed by atoms with van der Waals surface area (Å²) in [6.07, 6.45) is 0.945. The third-order valence-electron chi connectivity index (χ3n) is 4.11. The summed E-state index contributed by atoms with van der Waals surface area (Å²) in [6.45, 7) is 14.5. The highest BCUT2D eigenvalue weighted by atomic mass is 16.5. The molecule has 150 valence electrons. The van der Waals surface area contributed by atoms with Gasteiger partial charge in [0.15, 0.2) is 0 Å². The maximum absolute atomic E-state index is 12.2. The molecule has 1 aliphatic rings. The molecule has 0 spiro atoms. The van der Waals surface area contributed by atoms with Gasteiger partial charge in [-0.3, -0.25) is 14.4 Å². The van der Waals surface area contributed by atoms with Gasteiger partial charge in [-0.2, -0.15) is 0 Å². The van der Waals surface area contributed by atoms with Crippen LogP contribution in [0.15, 0.2) is 0 Å². The van der Waals surface area contributed by atoms with Gasteiger partial charge in [-0.15, -0.1) is 0 Å². The Morgan fingerprint density at radius 2 is 1.38 bits per heavy atom. The zero-order valence-electron chi connectivity index (χ0n) is 17.1. The molecule has 1 heterocycles. The van der Waals surface area contributed by atoms with E-state index in [-0.39, 0.29) is 24.5 Å². The van der Waals surface area contributed by atoms with Crippen LogP contribution in [0.5, 0.6) is 0 Å². The molecule has 2 amide bonds. The maximum atomic E-state index is 12.2. The molecular formula is C19H34N2O5. The topological polar surface area (TPSA) is 76.2 Å². The fourth-order valence-electron chi connectivity index (χ4n) is 2.26. The molecule has 0 atom stereocenters. The zero-order valence-corrected chi connectivity index (χ0v) is 17.1. The van der Waals surface area contributed by atoms with Crippen molar-refractivity contribution in [2.45, 2.75) is 48.0 Å². The van der Waals surface area contributed by atoms with Gasteiger partial charge in [0.1, 0.15) is 6.61 Å². The van der Waals surface area contributed by atoms with E-state index in [0.29, 0.717) is 32.8 Å². The molecular weight excluding hydrogens is 336 g/mol. The molecule has 0 aromatic heterocycles. The van der Waals surface area contributed by atoms with Crippen molar-refractivity contribution in [3.63, 3.8) is 0 Å². The lowest BCUT2D eigenvalue weighted by Crippen LogP contribution is -2.55. The Hall–Kier alpha value is -1.63. The number of rotatable bonds is 8. The quantitative estimate of drug-likeness (QED) is 0.369. The number of carbonyl (C=O) groups is 3. The fraction of sp³-hybridized carbons (Fsp3) is 0.842. The second kappa shape index (κ2) is 9.35. The molecule has 7 nitrogen and oxygen atoms in total. The number of carbonyl (C=O) groups excluding carboxylic acids is 3. The van der Waals surface area contributed by atoms with Crippen molar-refractivity contribution in [1.29, 1.82) is 0 Å². The van der Waals surface area contributed by atoms with E-state index in [1.807, 2.05) is 0 Å². The first-order valence-corrected chi connectivity index (χ1v) is 9.25. The van der Waals surface area contributed by atoms with Gasteiger partial charge >= 0.3 is 17.8 Å². The van der Waals surface area contributed by atoms with Gasteiger partial charge in [-0.25, -0.2) is 0 Å². The van der Waals surface area contributed by atoms with Crippen molar-refractivity contribution in [2.24, 2.45) is 10.8 Å². The van der Waals surface area contributed by atoms with E-state index < -0.39 is 17.2 Å². The zero-order chi connectivity index (χ0) is 20.0. The number of ether oxygens (including phenoxy) is 2. The Balaban J connectivity index is 2.30. The summed E-state index contributed by atoms with van der Waals surface area (Å²) in [5.41, 5.74) is -0.362. The Morgan fingerprint density at radius 1 is 0.885 bits per heavy atom. The van der Waals surface area contributed by atoms with E-state index in [2.05, 4.69) is 20.8 Å². The highest BCUT2D eigenvalue weighted by Gasteiger charge is 2.32. The maximum Gasteiger partial charge on any atom is 0.312 e. The molecule has 0 unspecified atom stereocenters. The average Bonchev–Trinajstić information content (AvgIpc) is 2.50. The first-order valence-electron chi connectivity index (χ1n) is 9.25. The molecule has 1 saturated heterocycles. The summed E-state index contributed by atoms with van der Waals surface area (Å²) < 4.78 is 10.7. The molecule has 1 rings (SSSR count). The number of hydrogen-bond donors (Lipinski definition) is 0. The number of hydrogen-bond acceptors (Lipinski definition) is 5. The van der Waals surface area contributed by atoms with Gasteiger partial charge < -0.3 is 19.3 Å². The Morgan fingerprint density at radius 3 is 1.85 bits per heavy atom. The van der Waals surface area contributed by atoms with Crippen LogP contribution < -0.4 is 0 Å². The molecule has 0 radical (unpaired) electrons. The SMILES string of the molecule is CC(C)(C)CCOCCN1CCN(CCOC(=O)C(C)(C)C)C(=O)C1=O. The van der Waals surface area contributed by atoms with Crippen LogP contribution in [0.4, 0.5) is 0 Å². The highest BCUT2D eigenvalue weighted by Crippen LogP contribution is 2.18. The van der Waals surface area contributed by atoms with Gasteiger partial charge in [0.25, 0.3) is 0 Å². The van der Waals surface area contributed by atoms with Crippen LogP contribution in [0.3, 0.4) is 0 Å². The van der Waals surface area contributed by atoms with E-state index in [0.717, 1.165) is 6.42 Å². The largest absolute Gasteiger partial charge is 0.463 e. The van der Waals surface area contributed by atoms with Crippen molar-refractivity contribution >= 4 is 17.8 Å². The van der Waals surface area contributed by atoms with Gasteiger partial charge in [0.05, 0.1) is 18.6 Å². The highest BCUT2D eigenvalue weighted by molar-refractivity contribution is 6.35. The molecule has 1 fully saturated rings. The van der Waals surface area contributed by atoms with Crippen molar-refractivity contribution < 1.29 is 23.9 Å². The van der Waals surface area contributed by atoms with Gasteiger partial charge in [-0.1, -0.05) is 20.8 Å². The number of piperazine rings is 1. The van der Waals surface area contributed by atoms with Gasteiger partial charge in [-0.05, 0) is 32.6 Å². The third-order valence-corrected chi connectivity index (χ3v) is 4.11. The molecule has 0 bridgehead atoms. The molecule has 0 aromatic rings. The van der Waals surface area contributed by atoms with Gasteiger partial charge in [0.2, 0.25) is 0 Å². The summed E-state index contributed by atoms with van der Waals surface area (Å²) in [5, 5.41) is 0. The Labute approximate surface area is 157 Å². The minimum absolute atomic E-state index is 0.102. The van der Waals surface area contributed by atoms with Crippen LogP contribution in [0.2, 0.25) is 0 Å². The molecule has 1 aliphatic heterocycles. The first kappa shape index (κ1) is 22.4. The fourth-order valence-corrected chi connectivity index (χ4v) is 2.26. The minimum Gasteiger partial charge on any atom is -0.463 e. The van der Waals surface area contributed by atoms with Crippen molar-refractivity contribution in [2.75, 3.05) is 46.0 Å². The smallest absolute Gasteiger partial charge is 0.312 e. The van der Waals surface area contributed by atoms with E-state index in [1.54, 1.807) is 20.8 Å². The molecule has 26 heavy (non-hydrogen) atoms. The molecule has 0 aromatic carbocycles. The summed E-state index contributed by atoms with van der Waals surface area (Å²) in [4.78, 5) is 39.1. The predicted octanol–water partition coefficient (Wildman–Crippen LogP) is 1.70. The second-order valence-corrected chi connectivity index (χ2v) is 8.89. The summed E-state index contributed by atoms with van der Waals surface area (Å²) in [5.74, 6) is -1.38. The van der Waals surface area contributed by atoms with E-state index >= 15 is 0 Å². The standard InChI is InChI=1S/C19H34N2O5/c1-18(2,3)7-12-25-13-10-20-8-9-21(16(23)15(20)22)11-14-26-17(24)19(4,5)6/h7-14H2,1-6H3. The van der Waals surface area contributed by atoms with Crippen LogP contribution in [0, 0.1) is 10.8 Å². The number of esters is 1. The summed E-state index contributed by atoms with van der Waals surface area (Å²) in [6, 6.07) is 0. The lowest BCUT2D eigenvalue weighted by atomic mass is 9.93. The van der Waals surface area contributed by atoms with Gasteiger partial charge in [0, 0.05) is 26.2 Å². The van der Waals surface area contributed by atoms with Crippen LogP contribution in [0.1, 0.15) is 48.0 Å². The molecule has 0 aliphatic carbocycles. The summed E-state index contributed by atoms with van der Waals surface area (Å²) in [7, 11) is 0. The van der Waals surface area contributed by atoms with E-state index in [9.17, 15) is 14.4 Å². The molecule has 0 saturated carbocycles. The molecule has 0 N–H and O–H groups in total. The lowest BCUT2D eigenvalue weighted by Gasteiger charge is -2.33. The van der Waals surface area contributed by atoms with Crippen LogP contribution in [-0.4, -0.2) is 73.6 Å². The average molecular weight is 370 g/mol. The second-order valence-electron chi connectivity index (χ2n) is 8.89.